The quantitative estimate of drug-likeness (QED) is 0.463. The fraction of sp³-hybridized carbons (Fsp3) is 0.391. The normalized spacial score (nSPS) is 15.8. The summed E-state index contributed by atoms with van der Waals surface area (Å²) in [5.41, 5.74) is 5.00. The molecule has 1 aliphatic rings. The van der Waals surface area contributed by atoms with Gasteiger partial charge in [-0.05, 0) is 44.2 Å². The van der Waals surface area contributed by atoms with Crippen LogP contribution in [0.5, 0.6) is 11.5 Å². The number of hydrogen-bond acceptors (Lipinski definition) is 7. The van der Waals surface area contributed by atoms with Gasteiger partial charge < -0.3 is 9.47 Å². The molecule has 3 rings (SSSR count). The number of sulfonamides is 1. The topological polar surface area (TPSA) is 101 Å². The number of nitrogens with zero attached hydrogens (tertiary/aromatic N) is 3. The van der Waals surface area contributed by atoms with Gasteiger partial charge in [-0.1, -0.05) is 17.7 Å². The highest BCUT2D eigenvalue weighted by atomic mass is 32.2. The Labute approximate surface area is 195 Å². The zero-order valence-electron chi connectivity index (χ0n) is 19.4. The first kappa shape index (κ1) is 24.7. The lowest BCUT2D eigenvalue weighted by molar-refractivity contribution is -0.122. The van der Waals surface area contributed by atoms with E-state index in [1.54, 1.807) is 57.5 Å². The van der Waals surface area contributed by atoms with E-state index in [0.29, 0.717) is 48.3 Å². The van der Waals surface area contributed by atoms with Gasteiger partial charge in [0.05, 0.1) is 31.4 Å². The van der Waals surface area contributed by atoms with Crippen LogP contribution in [-0.2, 0) is 14.8 Å². The van der Waals surface area contributed by atoms with Gasteiger partial charge in [0, 0.05) is 31.7 Å². The van der Waals surface area contributed by atoms with Crippen LogP contribution in [0.3, 0.4) is 0 Å². The van der Waals surface area contributed by atoms with Crippen molar-refractivity contribution < 1.29 is 22.7 Å². The SMILES string of the molecule is COc1ccc(/C(C)=N\NC(=O)CN2CCN(S(=O)(=O)c3ccc(C)cc3)CC2)cc1OC. The molecule has 1 heterocycles. The molecule has 0 aliphatic carbocycles. The third-order valence-electron chi connectivity index (χ3n) is 5.51. The van der Waals surface area contributed by atoms with Crippen molar-refractivity contribution in [2.45, 2.75) is 18.7 Å². The number of carbonyl (C=O) groups excluding carboxylic acids is 1. The predicted molar refractivity (Wildman–Crippen MR) is 126 cm³/mol. The molecule has 33 heavy (non-hydrogen) atoms. The van der Waals surface area contributed by atoms with E-state index in [4.69, 9.17) is 9.47 Å². The molecule has 0 unspecified atom stereocenters. The Balaban J connectivity index is 1.52. The van der Waals surface area contributed by atoms with Gasteiger partial charge in [0.2, 0.25) is 10.0 Å². The molecule has 1 saturated heterocycles. The molecule has 178 valence electrons. The molecule has 0 bridgehead atoms. The summed E-state index contributed by atoms with van der Waals surface area (Å²) >= 11 is 0. The highest BCUT2D eigenvalue weighted by molar-refractivity contribution is 7.89. The minimum Gasteiger partial charge on any atom is -0.493 e. The number of carbonyl (C=O) groups is 1. The molecule has 1 amide bonds. The minimum atomic E-state index is -3.53. The summed E-state index contributed by atoms with van der Waals surface area (Å²) in [5.74, 6) is 0.931. The molecular weight excluding hydrogens is 444 g/mol. The van der Waals surface area contributed by atoms with Crippen LogP contribution in [0.15, 0.2) is 52.5 Å². The molecule has 0 aromatic heterocycles. The number of rotatable bonds is 8. The number of nitrogens with one attached hydrogen (secondary N) is 1. The Morgan fingerprint density at radius 1 is 1.00 bits per heavy atom. The van der Waals surface area contributed by atoms with Gasteiger partial charge in [0.15, 0.2) is 11.5 Å². The Morgan fingerprint density at radius 3 is 2.24 bits per heavy atom. The molecule has 0 radical (unpaired) electrons. The Morgan fingerprint density at radius 2 is 1.64 bits per heavy atom. The summed E-state index contributed by atoms with van der Waals surface area (Å²) in [7, 11) is -0.405. The molecule has 0 spiro atoms. The van der Waals surface area contributed by atoms with Crippen molar-refractivity contribution in [3.05, 3.63) is 53.6 Å². The fourth-order valence-corrected chi connectivity index (χ4v) is 4.92. The van der Waals surface area contributed by atoms with Gasteiger partial charge in [-0.25, -0.2) is 13.8 Å². The average Bonchev–Trinajstić information content (AvgIpc) is 2.82. The van der Waals surface area contributed by atoms with Crippen LogP contribution in [0.1, 0.15) is 18.1 Å². The predicted octanol–water partition coefficient (Wildman–Crippen LogP) is 1.86. The van der Waals surface area contributed by atoms with Gasteiger partial charge in [-0.2, -0.15) is 9.41 Å². The number of amides is 1. The number of benzene rings is 2. The number of hydrazone groups is 1. The molecule has 9 nitrogen and oxygen atoms in total. The minimum absolute atomic E-state index is 0.140. The number of hydrogen-bond donors (Lipinski definition) is 1. The van der Waals surface area contributed by atoms with E-state index in [0.717, 1.165) is 11.1 Å². The second kappa shape index (κ2) is 10.8. The maximum Gasteiger partial charge on any atom is 0.254 e. The number of aryl methyl sites for hydroxylation is 1. The first-order valence-electron chi connectivity index (χ1n) is 10.6. The van der Waals surface area contributed by atoms with Crippen molar-refractivity contribution in [3.8, 4) is 11.5 Å². The van der Waals surface area contributed by atoms with Crippen LogP contribution >= 0.6 is 0 Å². The molecule has 1 fully saturated rings. The Hall–Kier alpha value is -2.95. The number of methoxy groups -OCH3 is 2. The van der Waals surface area contributed by atoms with Gasteiger partial charge in [0.1, 0.15) is 0 Å². The summed E-state index contributed by atoms with van der Waals surface area (Å²) in [6, 6.07) is 12.2. The van der Waals surface area contributed by atoms with Crippen molar-refractivity contribution in [1.29, 1.82) is 0 Å². The molecule has 2 aromatic rings. The van der Waals surface area contributed by atoms with E-state index in [1.165, 1.54) is 4.31 Å². The Kier molecular flexibility index (Phi) is 8.06. The molecule has 2 aromatic carbocycles. The van der Waals surface area contributed by atoms with Gasteiger partial charge in [0.25, 0.3) is 5.91 Å². The largest absolute Gasteiger partial charge is 0.493 e. The zero-order chi connectivity index (χ0) is 24.0. The first-order chi connectivity index (χ1) is 15.7. The Bertz CT molecular complexity index is 1110. The summed E-state index contributed by atoms with van der Waals surface area (Å²) in [6.07, 6.45) is 0. The van der Waals surface area contributed by atoms with Crippen LogP contribution in [0.4, 0.5) is 0 Å². The highest BCUT2D eigenvalue weighted by Gasteiger charge is 2.29. The molecule has 1 aliphatic heterocycles. The molecule has 0 atom stereocenters. The van der Waals surface area contributed by atoms with Crippen molar-refractivity contribution in [1.82, 2.24) is 14.6 Å². The van der Waals surface area contributed by atoms with Crippen LogP contribution < -0.4 is 14.9 Å². The van der Waals surface area contributed by atoms with E-state index in [2.05, 4.69) is 10.5 Å². The average molecular weight is 475 g/mol. The zero-order valence-corrected chi connectivity index (χ0v) is 20.2. The van der Waals surface area contributed by atoms with Crippen molar-refractivity contribution in [2.24, 2.45) is 5.10 Å². The smallest absolute Gasteiger partial charge is 0.254 e. The second-order valence-corrected chi connectivity index (χ2v) is 9.73. The summed E-state index contributed by atoms with van der Waals surface area (Å²) < 4.78 is 37.6. The monoisotopic (exact) mass is 474 g/mol. The third-order valence-corrected chi connectivity index (χ3v) is 7.42. The van der Waals surface area contributed by atoms with E-state index < -0.39 is 10.0 Å². The van der Waals surface area contributed by atoms with E-state index in [1.807, 2.05) is 17.9 Å². The lowest BCUT2D eigenvalue weighted by atomic mass is 10.1. The fourth-order valence-electron chi connectivity index (χ4n) is 3.50. The molecule has 0 saturated carbocycles. The number of ether oxygens (including phenoxy) is 2. The highest BCUT2D eigenvalue weighted by Crippen LogP contribution is 2.27. The van der Waals surface area contributed by atoms with Gasteiger partial charge >= 0.3 is 0 Å². The first-order valence-corrected chi connectivity index (χ1v) is 12.0. The summed E-state index contributed by atoms with van der Waals surface area (Å²) in [6.45, 7) is 5.44. The lowest BCUT2D eigenvalue weighted by Crippen LogP contribution is -2.50. The molecule has 1 N–H and O–H groups in total. The van der Waals surface area contributed by atoms with Crippen LogP contribution in [-0.4, -0.2) is 76.2 Å². The second-order valence-electron chi connectivity index (χ2n) is 7.80. The van der Waals surface area contributed by atoms with Gasteiger partial charge in [-0.15, -0.1) is 0 Å². The van der Waals surface area contributed by atoms with E-state index >= 15 is 0 Å². The van der Waals surface area contributed by atoms with Gasteiger partial charge in [-0.3, -0.25) is 9.69 Å². The number of piperazine rings is 1. The lowest BCUT2D eigenvalue weighted by Gasteiger charge is -2.33. The van der Waals surface area contributed by atoms with Crippen molar-refractivity contribution in [2.75, 3.05) is 46.9 Å². The van der Waals surface area contributed by atoms with Crippen molar-refractivity contribution >= 4 is 21.6 Å². The summed E-state index contributed by atoms with van der Waals surface area (Å²) in [4.78, 5) is 14.6. The standard InChI is InChI=1S/C23H30N4O5S/c1-17-5-8-20(9-6-17)33(29,30)27-13-11-26(12-14-27)16-23(28)25-24-18(2)19-7-10-21(31-3)22(15-19)32-4/h5-10,15H,11-14,16H2,1-4H3,(H,25,28)/b24-18-. The molecular formula is C23H30N4O5S. The maximum absolute atomic E-state index is 12.8. The van der Waals surface area contributed by atoms with Crippen LogP contribution in [0, 0.1) is 6.92 Å². The molecule has 10 heteroatoms. The van der Waals surface area contributed by atoms with Crippen molar-refractivity contribution in [3.63, 3.8) is 0 Å². The van der Waals surface area contributed by atoms with E-state index in [9.17, 15) is 13.2 Å². The summed E-state index contributed by atoms with van der Waals surface area (Å²) in [5, 5.41) is 4.18. The van der Waals surface area contributed by atoms with Crippen LogP contribution in [0.25, 0.3) is 0 Å². The maximum atomic E-state index is 12.8. The van der Waals surface area contributed by atoms with Crippen LogP contribution in [0.2, 0.25) is 0 Å². The third kappa shape index (κ3) is 6.10. The van der Waals surface area contributed by atoms with E-state index in [-0.39, 0.29) is 12.5 Å².